The van der Waals surface area contributed by atoms with Crippen molar-refractivity contribution in [1.29, 1.82) is 0 Å². The summed E-state index contributed by atoms with van der Waals surface area (Å²) in [5, 5.41) is 4.65. The molecule has 0 spiro atoms. The largest absolute Gasteiger partial charge is 0.353 e. The number of benzene rings is 2. The van der Waals surface area contributed by atoms with Gasteiger partial charge in [0.15, 0.2) is 0 Å². The smallest absolute Gasteiger partial charge is 0.0723 e. The predicted octanol–water partition coefficient (Wildman–Crippen LogP) is 5.41. The van der Waals surface area contributed by atoms with Crippen LogP contribution in [0.1, 0.15) is 0 Å². The van der Waals surface area contributed by atoms with Crippen LogP contribution in [0, 0.1) is 0 Å². The highest BCUT2D eigenvalue weighted by Crippen LogP contribution is 2.32. The van der Waals surface area contributed by atoms with Gasteiger partial charge in [-0.2, -0.15) is 0 Å². The van der Waals surface area contributed by atoms with Crippen LogP contribution < -0.4 is 0 Å². The van der Waals surface area contributed by atoms with Gasteiger partial charge in [-0.25, -0.2) is 0 Å². The molecule has 0 atom stereocenters. The van der Waals surface area contributed by atoms with Gasteiger partial charge in [0, 0.05) is 33.9 Å². The van der Waals surface area contributed by atoms with E-state index < -0.39 is 0 Å². The minimum absolute atomic E-state index is 1.00. The molecule has 26 heavy (non-hydrogen) atoms. The van der Waals surface area contributed by atoms with E-state index in [1.807, 2.05) is 24.5 Å². The lowest BCUT2D eigenvalue weighted by atomic mass is 10.1. The normalized spacial score (nSPS) is 11.8. The predicted molar refractivity (Wildman–Crippen MR) is 106 cm³/mol. The third-order valence-corrected chi connectivity index (χ3v) is 5.04. The Balaban J connectivity index is 1.62. The zero-order valence-electron chi connectivity index (χ0n) is 13.8. The standard InChI is InChI=1S/C22H14N4/c1-3-15-17(23-9-1)7-5-13-11-19(25-21(13)15)20-12-14-6-8-18-16(22(14)26-20)4-2-10-24-18/h1-12,25-26H. The number of nitrogens with one attached hydrogen (secondary N) is 2. The first-order valence-electron chi connectivity index (χ1n) is 8.60. The summed E-state index contributed by atoms with van der Waals surface area (Å²) >= 11 is 0. The molecule has 0 aliphatic rings. The Bertz CT molecular complexity index is 1330. The van der Waals surface area contributed by atoms with Crippen molar-refractivity contribution >= 4 is 43.6 Å². The molecule has 0 fully saturated rings. The van der Waals surface area contributed by atoms with E-state index in [1.54, 1.807) is 0 Å². The van der Waals surface area contributed by atoms with E-state index in [-0.39, 0.29) is 0 Å². The van der Waals surface area contributed by atoms with Crippen molar-refractivity contribution in [3.63, 3.8) is 0 Å². The van der Waals surface area contributed by atoms with Crippen LogP contribution in [0.2, 0.25) is 0 Å². The van der Waals surface area contributed by atoms with Crippen molar-refractivity contribution in [1.82, 2.24) is 19.9 Å². The average molecular weight is 334 g/mol. The minimum atomic E-state index is 1.00. The van der Waals surface area contributed by atoms with Crippen molar-refractivity contribution in [3.05, 3.63) is 73.1 Å². The molecule has 0 saturated carbocycles. The molecule has 2 aromatic carbocycles. The second-order valence-electron chi connectivity index (χ2n) is 6.57. The molecule has 2 N–H and O–H groups in total. The number of hydrogen-bond acceptors (Lipinski definition) is 2. The van der Waals surface area contributed by atoms with Gasteiger partial charge in [0.25, 0.3) is 0 Å². The van der Waals surface area contributed by atoms with E-state index in [4.69, 9.17) is 0 Å². The minimum Gasteiger partial charge on any atom is -0.353 e. The summed E-state index contributed by atoms with van der Waals surface area (Å²) in [4.78, 5) is 16.0. The van der Waals surface area contributed by atoms with Gasteiger partial charge in [0.2, 0.25) is 0 Å². The Kier molecular flexibility index (Phi) is 2.58. The van der Waals surface area contributed by atoms with Crippen molar-refractivity contribution in [2.45, 2.75) is 0 Å². The highest BCUT2D eigenvalue weighted by atomic mass is 14.8. The zero-order chi connectivity index (χ0) is 17.1. The maximum Gasteiger partial charge on any atom is 0.0723 e. The van der Waals surface area contributed by atoms with Crippen molar-refractivity contribution < 1.29 is 0 Å². The number of aromatic nitrogens is 4. The summed E-state index contributed by atoms with van der Waals surface area (Å²) in [5.41, 5.74) is 6.39. The summed E-state index contributed by atoms with van der Waals surface area (Å²) in [6.07, 6.45) is 3.66. The summed E-state index contributed by atoms with van der Waals surface area (Å²) in [6, 6.07) is 20.9. The maximum atomic E-state index is 4.45. The van der Waals surface area contributed by atoms with Gasteiger partial charge in [-0.15, -0.1) is 0 Å². The summed E-state index contributed by atoms with van der Waals surface area (Å²) in [6.45, 7) is 0. The zero-order valence-corrected chi connectivity index (χ0v) is 13.8. The van der Waals surface area contributed by atoms with Gasteiger partial charge >= 0.3 is 0 Å². The second kappa shape index (κ2) is 4.92. The van der Waals surface area contributed by atoms with Crippen LogP contribution >= 0.6 is 0 Å². The van der Waals surface area contributed by atoms with Crippen LogP contribution in [0.3, 0.4) is 0 Å². The molecule has 4 nitrogen and oxygen atoms in total. The molecule has 0 aliphatic heterocycles. The number of aromatic amines is 2. The number of rotatable bonds is 1. The Morgan fingerprint density at radius 3 is 1.58 bits per heavy atom. The van der Waals surface area contributed by atoms with Crippen LogP contribution in [-0.4, -0.2) is 19.9 Å². The molecule has 4 heteroatoms. The fraction of sp³-hybridized carbons (Fsp3) is 0. The first kappa shape index (κ1) is 13.6. The quantitative estimate of drug-likeness (QED) is 0.422. The summed E-state index contributed by atoms with van der Waals surface area (Å²) < 4.78 is 0. The van der Waals surface area contributed by atoms with Gasteiger partial charge in [-0.05, 0) is 48.5 Å². The van der Waals surface area contributed by atoms with Crippen LogP contribution in [0.25, 0.3) is 55.0 Å². The third-order valence-electron chi connectivity index (χ3n) is 5.04. The monoisotopic (exact) mass is 334 g/mol. The lowest BCUT2D eigenvalue weighted by molar-refractivity contribution is 1.38. The SMILES string of the molecule is c1cnc2ccc3cc(-c4cc5ccc6ncccc6c5[nH]4)[nH]c3c2c1. The first-order valence-corrected chi connectivity index (χ1v) is 8.60. The number of nitrogens with zero attached hydrogens (tertiary/aromatic N) is 2. The van der Waals surface area contributed by atoms with E-state index in [2.05, 4.69) is 68.5 Å². The molecular formula is C22H14N4. The Hall–Kier alpha value is -3.66. The van der Waals surface area contributed by atoms with Crippen LogP contribution in [-0.2, 0) is 0 Å². The third kappa shape index (κ3) is 1.84. The number of fused-ring (bicyclic) bond motifs is 6. The topological polar surface area (TPSA) is 57.4 Å². The van der Waals surface area contributed by atoms with Crippen molar-refractivity contribution in [3.8, 4) is 11.4 Å². The number of H-pyrrole nitrogens is 2. The fourth-order valence-electron chi connectivity index (χ4n) is 3.80. The van der Waals surface area contributed by atoms with Crippen molar-refractivity contribution in [2.24, 2.45) is 0 Å². The molecule has 4 aromatic heterocycles. The number of hydrogen-bond donors (Lipinski definition) is 2. The fourth-order valence-corrected chi connectivity index (χ4v) is 3.80. The molecule has 0 saturated heterocycles. The van der Waals surface area contributed by atoms with Gasteiger partial charge < -0.3 is 9.97 Å². The Morgan fingerprint density at radius 1 is 0.577 bits per heavy atom. The Labute approximate surface area is 148 Å². The molecule has 6 aromatic rings. The summed E-state index contributed by atoms with van der Waals surface area (Å²) in [7, 11) is 0. The Morgan fingerprint density at radius 2 is 1.08 bits per heavy atom. The summed E-state index contributed by atoms with van der Waals surface area (Å²) in [5.74, 6) is 0. The molecule has 0 amide bonds. The van der Waals surface area contributed by atoms with Crippen LogP contribution in [0.5, 0.6) is 0 Å². The van der Waals surface area contributed by atoms with Gasteiger partial charge in [-0.1, -0.05) is 12.1 Å². The van der Waals surface area contributed by atoms with E-state index in [0.29, 0.717) is 0 Å². The number of pyridine rings is 2. The molecule has 122 valence electrons. The van der Waals surface area contributed by atoms with E-state index in [0.717, 1.165) is 44.2 Å². The lowest BCUT2D eigenvalue weighted by Gasteiger charge is -1.98. The highest BCUT2D eigenvalue weighted by molar-refractivity contribution is 6.08. The highest BCUT2D eigenvalue weighted by Gasteiger charge is 2.11. The molecule has 0 aliphatic carbocycles. The van der Waals surface area contributed by atoms with Crippen LogP contribution in [0.4, 0.5) is 0 Å². The molecule has 4 heterocycles. The molecule has 0 radical (unpaired) electrons. The van der Waals surface area contributed by atoms with Gasteiger partial charge in [0.05, 0.1) is 33.5 Å². The molecule has 0 unspecified atom stereocenters. The second-order valence-corrected chi connectivity index (χ2v) is 6.57. The van der Waals surface area contributed by atoms with Crippen molar-refractivity contribution in [2.75, 3.05) is 0 Å². The lowest BCUT2D eigenvalue weighted by Crippen LogP contribution is -1.80. The maximum absolute atomic E-state index is 4.45. The van der Waals surface area contributed by atoms with E-state index >= 15 is 0 Å². The van der Waals surface area contributed by atoms with E-state index in [9.17, 15) is 0 Å². The van der Waals surface area contributed by atoms with Gasteiger partial charge in [-0.3, -0.25) is 9.97 Å². The van der Waals surface area contributed by atoms with Crippen LogP contribution in [0.15, 0.2) is 73.1 Å². The molecule has 6 rings (SSSR count). The van der Waals surface area contributed by atoms with E-state index in [1.165, 1.54) is 10.8 Å². The van der Waals surface area contributed by atoms with Gasteiger partial charge in [0.1, 0.15) is 0 Å². The average Bonchev–Trinajstić information content (AvgIpc) is 3.32. The molecule has 0 bridgehead atoms. The first-order chi connectivity index (χ1) is 12.9. The molecular weight excluding hydrogens is 320 g/mol.